The summed E-state index contributed by atoms with van der Waals surface area (Å²) >= 11 is 0. The molecule has 0 radical (unpaired) electrons. The predicted octanol–water partition coefficient (Wildman–Crippen LogP) is 2.54. The lowest BCUT2D eigenvalue weighted by Crippen LogP contribution is -2.51. The topological polar surface area (TPSA) is 45.2 Å². The van der Waals surface area contributed by atoms with E-state index < -0.39 is 0 Å². The van der Waals surface area contributed by atoms with Crippen molar-refractivity contribution in [1.29, 1.82) is 0 Å². The molecule has 1 atom stereocenters. The highest BCUT2D eigenvalue weighted by Gasteiger charge is 2.27. The SMILES string of the molecule is O=C(Cc1cccnc1)NC1CCCN(C2CCCCC2)C1. The molecule has 1 saturated heterocycles. The second-order valence-electron chi connectivity index (χ2n) is 6.73. The van der Waals surface area contributed by atoms with E-state index in [0.717, 1.165) is 24.6 Å². The predicted molar refractivity (Wildman–Crippen MR) is 87.6 cm³/mol. The first-order valence-electron chi connectivity index (χ1n) is 8.73. The Hall–Kier alpha value is -1.42. The van der Waals surface area contributed by atoms with Gasteiger partial charge in [0.05, 0.1) is 6.42 Å². The van der Waals surface area contributed by atoms with Crippen molar-refractivity contribution in [1.82, 2.24) is 15.2 Å². The Bertz CT molecular complexity index is 470. The summed E-state index contributed by atoms with van der Waals surface area (Å²) in [6, 6.07) is 4.92. The molecule has 1 unspecified atom stereocenters. The Labute approximate surface area is 133 Å². The van der Waals surface area contributed by atoms with Gasteiger partial charge in [-0.2, -0.15) is 0 Å². The fourth-order valence-corrected chi connectivity index (χ4v) is 3.87. The molecule has 2 aliphatic rings. The highest BCUT2D eigenvalue weighted by atomic mass is 16.1. The lowest BCUT2D eigenvalue weighted by molar-refractivity contribution is -0.121. The number of piperidine rings is 1. The monoisotopic (exact) mass is 301 g/mol. The largest absolute Gasteiger partial charge is 0.352 e. The van der Waals surface area contributed by atoms with Gasteiger partial charge in [-0.15, -0.1) is 0 Å². The molecule has 1 aliphatic carbocycles. The molecule has 1 aliphatic heterocycles. The second kappa shape index (κ2) is 7.73. The van der Waals surface area contributed by atoms with E-state index in [1.54, 1.807) is 12.4 Å². The molecule has 4 heteroatoms. The fourth-order valence-electron chi connectivity index (χ4n) is 3.87. The smallest absolute Gasteiger partial charge is 0.224 e. The molecular formula is C18H27N3O. The number of pyridine rings is 1. The van der Waals surface area contributed by atoms with Crippen molar-refractivity contribution in [3.63, 3.8) is 0 Å². The Morgan fingerprint density at radius 1 is 1.23 bits per heavy atom. The number of aromatic nitrogens is 1. The highest BCUT2D eigenvalue weighted by Crippen LogP contribution is 2.25. The van der Waals surface area contributed by atoms with Crippen LogP contribution in [0.4, 0.5) is 0 Å². The summed E-state index contributed by atoms with van der Waals surface area (Å²) in [4.78, 5) is 18.9. The molecule has 1 saturated carbocycles. The molecule has 0 aromatic carbocycles. The van der Waals surface area contributed by atoms with Gasteiger partial charge in [-0.1, -0.05) is 25.3 Å². The first-order chi connectivity index (χ1) is 10.8. The molecule has 2 fully saturated rings. The fraction of sp³-hybridized carbons (Fsp3) is 0.667. The van der Waals surface area contributed by atoms with Crippen LogP contribution in [-0.2, 0) is 11.2 Å². The van der Waals surface area contributed by atoms with Crippen LogP contribution in [0.1, 0.15) is 50.5 Å². The summed E-state index contributed by atoms with van der Waals surface area (Å²) in [7, 11) is 0. The van der Waals surface area contributed by atoms with Crippen LogP contribution in [0.3, 0.4) is 0 Å². The molecular weight excluding hydrogens is 274 g/mol. The standard InChI is InChI=1S/C18H27N3O/c22-18(12-15-6-4-10-19-13-15)20-16-7-5-11-21(14-16)17-8-2-1-3-9-17/h4,6,10,13,16-17H,1-3,5,7-9,11-12,14H2,(H,20,22). The summed E-state index contributed by atoms with van der Waals surface area (Å²) < 4.78 is 0. The van der Waals surface area contributed by atoms with E-state index in [4.69, 9.17) is 0 Å². The van der Waals surface area contributed by atoms with Gasteiger partial charge < -0.3 is 5.32 Å². The van der Waals surface area contributed by atoms with Gasteiger partial charge in [0, 0.05) is 31.0 Å². The van der Waals surface area contributed by atoms with E-state index in [0.29, 0.717) is 12.5 Å². The Balaban J connectivity index is 1.48. The normalized spacial score (nSPS) is 24.1. The second-order valence-corrected chi connectivity index (χ2v) is 6.73. The number of nitrogens with one attached hydrogen (secondary N) is 1. The number of nitrogens with zero attached hydrogens (tertiary/aromatic N) is 2. The average molecular weight is 301 g/mol. The summed E-state index contributed by atoms with van der Waals surface area (Å²) in [5.41, 5.74) is 0.986. The van der Waals surface area contributed by atoms with E-state index in [9.17, 15) is 4.79 Å². The van der Waals surface area contributed by atoms with Gasteiger partial charge in [0.25, 0.3) is 0 Å². The minimum Gasteiger partial charge on any atom is -0.352 e. The number of carbonyl (C=O) groups excluding carboxylic acids is 1. The van der Waals surface area contributed by atoms with Crippen molar-refractivity contribution in [3.8, 4) is 0 Å². The van der Waals surface area contributed by atoms with Gasteiger partial charge in [0.2, 0.25) is 5.91 Å². The van der Waals surface area contributed by atoms with Crippen LogP contribution in [-0.4, -0.2) is 41.0 Å². The number of carbonyl (C=O) groups is 1. The number of hydrogen-bond acceptors (Lipinski definition) is 3. The zero-order valence-electron chi connectivity index (χ0n) is 13.3. The molecule has 1 aromatic heterocycles. The van der Waals surface area contributed by atoms with Gasteiger partial charge in [0.15, 0.2) is 0 Å². The molecule has 4 nitrogen and oxygen atoms in total. The summed E-state index contributed by atoms with van der Waals surface area (Å²) in [5, 5.41) is 3.23. The van der Waals surface area contributed by atoms with Crippen molar-refractivity contribution in [2.24, 2.45) is 0 Å². The molecule has 0 bridgehead atoms. The maximum atomic E-state index is 12.2. The zero-order chi connectivity index (χ0) is 15.2. The Morgan fingerprint density at radius 2 is 2.09 bits per heavy atom. The van der Waals surface area contributed by atoms with Crippen LogP contribution in [0.2, 0.25) is 0 Å². The third kappa shape index (κ3) is 4.29. The molecule has 1 aromatic rings. The quantitative estimate of drug-likeness (QED) is 0.929. The minimum absolute atomic E-state index is 0.128. The number of amides is 1. The average Bonchev–Trinajstić information content (AvgIpc) is 2.57. The van der Waals surface area contributed by atoms with Crippen molar-refractivity contribution in [2.75, 3.05) is 13.1 Å². The third-order valence-electron chi connectivity index (χ3n) is 5.00. The van der Waals surface area contributed by atoms with Crippen molar-refractivity contribution in [3.05, 3.63) is 30.1 Å². The van der Waals surface area contributed by atoms with Crippen LogP contribution < -0.4 is 5.32 Å². The number of rotatable bonds is 4. The van der Waals surface area contributed by atoms with Crippen LogP contribution in [0.15, 0.2) is 24.5 Å². The van der Waals surface area contributed by atoms with Crippen LogP contribution in [0.25, 0.3) is 0 Å². The van der Waals surface area contributed by atoms with Crippen LogP contribution in [0, 0.1) is 0 Å². The molecule has 1 N–H and O–H groups in total. The van der Waals surface area contributed by atoms with E-state index in [1.807, 2.05) is 12.1 Å². The van der Waals surface area contributed by atoms with E-state index in [1.165, 1.54) is 45.1 Å². The first kappa shape index (κ1) is 15.5. The number of hydrogen-bond donors (Lipinski definition) is 1. The van der Waals surface area contributed by atoms with E-state index in [2.05, 4.69) is 15.2 Å². The maximum Gasteiger partial charge on any atom is 0.224 e. The highest BCUT2D eigenvalue weighted by molar-refractivity contribution is 5.78. The minimum atomic E-state index is 0.128. The Morgan fingerprint density at radius 3 is 2.86 bits per heavy atom. The van der Waals surface area contributed by atoms with Crippen LogP contribution in [0.5, 0.6) is 0 Å². The molecule has 120 valence electrons. The van der Waals surface area contributed by atoms with Crippen molar-refractivity contribution < 1.29 is 4.79 Å². The molecule has 1 amide bonds. The van der Waals surface area contributed by atoms with Crippen LogP contribution >= 0.6 is 0 Å². The van der Waals surface area contributed by atoms with Gasteiger partial charge in [-0.25, -0.2) is 0 Å². The summed E-state index contributed by atoms with van der Waals surface area (Å²) in [6.07, 6.45) is 13.1. The molecule has 2 heterocycles. The van der Waals surface area contributed by atoms with Gasteiger partial charge in [-0.3, -0.25) is 14.7 Å². The van der Waals surface area contributed by atoms with E-state index >= 15 is 0 Å². The maximum absolute atomic E-state index is 12.2. The van der Waals surface area contributed by atoms with Gasteiger partial charge >= 0.3 is 0 Å². The van der Waals surface area contributed by atoms with Crippen molar-refractivity contribution in [2.45, 2.75) is 63.5 Å². The zero-order valence-corrected chi connectivity index (χ0v) is 13.3. The molecule has 22 heavy (non-hydrogen) atoms. The lowest BCUT2D eigenvalue weighted by atomic mass is 9.92. The summed E-state index contributed by atoms with van der Waals surface area (Å²) in [6.45, 7) is 2.24. The summed E-state index contributed by atoms with van der Waals surface area (Å²) in [5.74, 6) is 0.128. The molecule has 0 spiro atoms. The van der Waals surface area contributed by atoms with Gasteiger partial charge in [0.1, 0.15) is 0 Å². The van der Waals surface area contributed by atoms with E-state index in [-0.39, 0.29) is 5.91 Å². The van der Waals surface area contributed by atoms with Gasteiger partial charge in [-0.05, 0) is 43.9 Å². The first-order valence-corrected chi connectivity index (χ1v) is 8.73. The Kier molecular flexibility index (Phi) is 5.43. The lowest BCUT2D eigenvalue weighted by Gasteiger charge is -2.40. The third-order valence-corrected chi connectivity index (χ3v) is 5.00. The van der Waals surface area contributed by atoms with Crippen molar-refractivity contribution >= 4 is 5.91 Å². The number of likely N-dealkylation sites (tertiary alicyclic amines) is 1. The molecule has 3 rings (SSSR count).